The number of imidazole rings is 1. The van der Waals surface area contributed by atoms with Crippen LogP contribution in [0.15, 0.2) is 30.6 Å². The zero-order valence-electron chi connectivity index (χ0n) is 11.2. The number of halogens is 1. The lowest BCUT2D eigenvalue weighted by molar-refractivity contribution is 0.321. The predicted octanol–water partition coefficient (Wildman–Crippen LogP) is 3.57. The van der Waals surface area contributed by atoms with Crippen LogP contribution in [0.5, 0.6) is 5.75 Å². The molecule has 0 aliphatic rings. The van der Waals surface area contributed by atoms with Crippen molar-refractivity contribution >= 4 is 11.6 Å². The standard InChI is InChI=1S/C14H18FN3O/c1-3-8-18-9-7-16-14(18)17-11-5-6-13(19-4-2)12(15)10-11/h5-7,9-10H,3-4,8H2,1-2H3,(H,16,17). The van der Waals surface area contributed by atoms with Gasteiger partial charge in [-0.15, -0.1) is 0 Å². The molecule has 0 unspecified atom stereocenters. The SMILES string of the molecule is CCCn1ccnc1Nc1ccc(OCC)c(F)c1. The Morgan fingerprint density at radius 3 is 2.89 bits per heavy atom. The first-order valence-electron chi connectivity index (χ1n) is 6.45. The van der Waals surface area contributed by atoms with Crippen LogP contribution in [0.3, 0.4) is 0 Å². The summed E-state index contributed by atoms with van der Waals surface area (Å²) in [5, 5.41) is 3.10. The molecule has 0 aliphatic heterocycles. The van der Waals surface area contributed by atoms with E-state index in [1.54, 1.807) is 18.3 Å². The number of aromatic nitrogens is 2. The maximum atomic E-state index is 13.7. The fourth-order valence-corrected chi connectivity index (χ4v) is 1.83. The van der Waals surface area contributed by atoms with Gasteiger partial charge in [-0.25, -0.2) is 9.37 Å². The number of hydrogen-bond acceptors (Lipinski definition) is 3. The number of hydrogen-bond donors (Lipinski definition) is 1. The van der Waals surface area contributed by atoms with Gasteiger partial charge in [-0.05, 0) is 25.5 Å². The molecule has 0 atom stereocenters. The highest BCUT2D eigenvalue weighted by Crippen LogP contribution is 2.23. The van der Waals surface area contributed by atoms with Crippen molar-refractivity contribution in [2.24, 2.45) is 0 Å². The van der Waals surface area contributed by atoms with E-state index in [0.29, 0.717) is 18.2 Å². The first-order chi connectivity index (χ1) is 9.24. The normalized spacial score (nSPS) is 10.5. The number of nitrogens with zero attached hydrogens (tertiary/aromatic N) is 2. The third-order valence-electron chi connectivity index (χ3n) is 2.67. The third-order valence-corrected chi connectivity index (χ3v) is 2.67. The Bertz CT molecular complexity index is 539. The lowest BCUT2D eigenvalue weighted by Crippen LogP contribution is -2.03. The third kappa shape index (κ3) is 3.24. The highest BCUT2D eigenvalue weighted by atomic mass is 19.1. The summed E-state index contributed by atoms with van der Waals surface area (Å²) < 4.78 is 20.9. The molecule has 0 radical (unpaired) electrons. The number of ether oxygens (including phenoxy) is 1. The summed E-state index contributed by atoms with van der Waals surface area (Å²) in [4.78, 5) is 4.22. The van der Waals surface area contributed by atoms with Gasteiger partial charge in [0.15, 0.2) is 11.6 Å². The largest absolute Gasteiger partial charge is 0.491 e. The Morgan fingerprint density at radius 2 is 2.21 bits per heavy atom. The molecule has 2 aromatic rings. The second kappa shape index (κ2) is 6.22. The highest BCUT2D eigenvalue weighted by Gasteiger charge is 2.06. The topological polar surface area (TPSA) is 39.1 Å². The van der Waals surface area contributed by atoms with E-state index in [0.717, 1.165) is 13.0 Å². The summed E-state index contributed by atoms with van der Waals surface area (Å²) in [5.41, 5.74) is 0.657. The molecule has 1 aromatic carbocycles. The van der Waals surface area contributed by atoms with Gasteiger partial charge in [0.2, 0.25) is 5.95 Å². The fourth-order valence-electron chi connectivity index (χ4n) is 1.83. The molecule has 1 N–H and O–H groups in total. The molecule has 102 valence electrons. The summed E-state index contributed by atoms with van der Waals surface area (Å²) >= 11 is 0. The smallest absolute Gasteiger partial charge is 0.207 e. The first-order valence-corrected chi connectivity index (χ1v) is 6.45. The number of benzene rings is 1. The van der Waals surface area contributed by atoms with Crippen molar-refractivity contribution in [2.45, 2.75) is 26.8 Å². The molecule has 5 heteroatoms. The Kier molecular flexibility index (Phi) is 4.39. The van der Waals surface area contributed by atoms with Gasteiger partial charge in [-0.3, -0.25) is 0 Å². The summed E-state index contributed by atoms with van der Waals surface area (Å²) in [5.74, 6) is 0.607. The molecule has 0 bridgehead atoms. The lowest BCUT2D eigenvalue weighted by Gasteiger charge is -2.10. The molecular formula is C14H18FN3O. The van der Waals surface area contributed by atoms with E-state index < -0.39 is 0 Å². The molecule has 2 rings (SSSR count). The Morgan fingerprint density at radius 1 is 1.37 bits per heavy atom. The molecule has 1 heterocycles. The maximum Gasteiger partial charge on any atom is 0.207 e. The Hall–Kier alpha value is -2.04. The van der Waals surface area contributed by atoms with Crippen LogP contribution in [0.1, 0.15) is 20.3 Å². The van der Waals surface area contributed by atoms with E-state index in [4.69, 9.17) is 4.74 Å². The minimum atomic E-state index is -0.375. The highest BCUT2D eigenvalue weighted by molar-refractivity contribution is 5.55. The van der Waals surface area contributed by atoms with Crippen LogP contribution in [0.25, 0.3) is 0 Å². The quantitative estimate of drug-likeness (QED) is 0.866. The predicted molar refractivity (Wildman–Crippen MR) is 73.4 cm³/mol. The van der Waals surface area contributed by atoms with E-state index in [1.807, 2.05) is 17.7 Å². The summed E-state index contributed by atoms with van der Waals surface area (Å²) in [7, 11) is 0. The van der Waals surface area contributed by atoms with Gasteiger partial charge < -0.3 is 14.6 Å². The second-order valence-electron chi connectivity index (χ2n) is 4.15. The van der Waals surface area contributed by atoms with Crippen molar-refractivity contribution in [3.05, 3.63) is 36.4 Å². The van der Waals surface area contributed by atoms with Crippen molar-refractivity contribution < 1.29 is 9.13 Å². The lowest BCUT2D eigenvalue weighted by atomic mass is 10.3. The molecular weight excluding hydrogens is 245 g/mol. The maximum absolute atomic E-state index is 13.7. The average molecular weight is 263 g/mol. The van der Waals surface area contributed by atoms with Gasteiger partial charge in [-0.1, -0.05) is 6.92 Å². The average Bonchev–Trinajstić information content (AvgIpc) is 2.81. The van der Waals surface area contributed by atoms with Crippen molar-refractivity contribution in [1.29, 1.82) is 0 Å². The molecule has 0 saturated heterocycles. The zero-order valence-corrected chi connectivity index (χ0v) is 11.2. The van der Waals surface area contributed by atoms with Crippen LogP contribution in [0.2, 0.25) is 0 Å². The van der Waals surface area contributed by atoms with Gasteiger partial charge in [-0.2, -0.15) is 0 Å². The van der Waals surface area contributed by atoms with Gasteiger partial charge in [0.25, 0.3) is 0 Å². The summed E-state index contributed by atoms with van der Waals surface area (Å²) in [6.07, 6.45) is 4.64. The molecule has 0 aliphatic carbocycles. The van der Waals surface area contributed by atoms with Crippen LogP contribution >= 0.6 is 0 Å². The van der Waals surface area contributed by atoms with Crippen molar-refractivity contribution in [3.8, 4) is 5.75 Å². The molecule has 0 fully saturated rings. The molecule has 4 nitrogen and oxygen atoms in total. The molecule has 0 saturated carbocycles. The Balaban J connectivity index is 2.14. The van der Waals surface area contributed by atoms with E-state index in [9.17, 15) is 4.39 Å². The van der Waals surface area contributed by atoms with Crippen LogP contribution in [0.4, 0.5) is 16.0 Å². The fraction of sp³-hybridized carbons (Fsp3) is 0.357. The van der Waals surface area contributed by atoms with E-state index in [-0.39, 0.29) is 11.6 Å². The minimum absolute atomic E-state index is 0.268. The van der Waals surface area contributed by atoms with Gasteiger partial charge in [0.05, 0.1) is 6.61 Å². The van der Waals surface area contributed by atoms with E-state index >= 15 is 0 Å². The molecule has 1 aromatic heterocycles. The van der Waals surface area contributed by atoms with E-state index in [1.165, 1.54) is 6.07 Å². The number of anilines is 2. The second-order valence-corrected chi connectivity index (χ2v) is 4.15. The first kappa shape index (κ1) is 13.4. The van der Waals surface area contributed by atoms with Crippen molar-refractivity contribution in [1.82, 2.24) is 9.55 Å². The van der Waals surface area contributed by atoms with Gasteiger partial charge >= 0.3 is 0 Å². The van der Waals surface area contributed by atoms with E-state index in [2.05, 4.69) is 17.2 Å². The van der Waals surface area contributed by atoms with Crippen LogP contribution in [0, 0.1) is 5.82 Å². The molecule has 0 amide bonds. The molecule has 19 heavy (non-hydrogen) atoms. The van der Waals surface area contributed by atoms with Crippen LogP contribution in [-0.2, 0) is 6.54 Å². The Labute approximate surface area is 112 Å². The summed E-state index contributed by atoms with van der Waals surface area (Å²) in [6, 6.07) is 4.81. The van der Waals surface area contributed by atoms with Gasteiger partial charge in [0.1, 0.15) is 0 Å². The van der Waals surface area contributed by atoms with Gasteiger partial charge in [0, 0.05) is 30.7 Å². The zero-order chi connectivity index (χ0) is 13.7. The number of aryl methyl sites for hydroxylation is 1. The number of nitrogens with one attached hydrogen (secondary N) is 1. The molecule has 0 spiro atoms. The van der Waals surface area contributed by atoms with Crippen LogP contribution in [-0.4, -0.2) is 16.2 Å². The number of rotatable bonds is 6. The van der Waals surface area contributed by atoms with Crippen molar-refractivity contribution in [2.75, 3.05) is 11.9 Å². The van der Waals surface area contributed by atoms with Crippen LogP contribution < -0.4 is 10.1 Å². The van der Waals surface area contributed by atoms with Crippen molar-refractivity contribution in [3.63, 3.8) is 0 Å². The monoisotopic (exact) mass is 263 g/mol. The summed E-state index contributed by atoms with van der Waals surface area (Å²) in [6.45, 7) is 5.25. The minimum Gasteiger partial charge on any atom is -0.491 e.